The molecule has 0 radical (unpaired) electrons. The largest absolute Gasteiger partial charge is 0.465 e. The Bertz CT molecular complexity index is 601. The lowest BCUT2D eigenvalue weighted by Gasteiger charge is -2.28. The Morgan fingerprint density at radius 3 is 2.35 bits per heavy atom. The van der Waals surface area contributed by atoms with Crippen LogP contribution in [0.15, 0.2) is 36.9 Å². The van der Waals surface area contributed by atoms with Crippen LogP contribution >= 0.6 is 0 Å². The Labute approximate surface area is 151 Å². The van der Waals surface area contributed by atoms with Gasteiger partial charge in [-0.25, -0.2) is 13.2 Å². The molecule has 0 N–H and O–H groups in total. The van der Waals surface area contributed by atoms with Crippen molar-refractivity contribution in [1.29, 1.82) is 0 Å². The minimum atomic E-state index is -3.31. The molecular formula is C19H23F3O4. The highest BCUT2D eigenvalue weighted by Gasteiger charge is 2.56. The van der Waals surface area contributed by atoms with Crippen LogP contribution in [0.5, 0.6) is 0 Å². The maximum absolute atomic E-state index is 13.9. The van der Waals surface area contributed by atoms with E-state index in [9.17, 15) is 22.8 Å². The van der Waals surface area contributed by atoms with Crippen molar-refractivity contribution in [3.63, 3.8) is 0 Å². The second-order valence-corrected chi connectivity index (χ2v) is 5.78. The number of carbonyl (C=O) groups excluding carboxylic acids is 2. The van der Waals surface area contributed by atoms with Crippen LogP contribution in [-0.2, 0) is 25.5 Å². The summed E-state index contributed by atoms with van der Waals surface area (Å²) >= 11 is 0. The van der Waals surface area contributed by atoms with Crippen molar-refractivity contribution in [2.75, 3.05) is 13.2 Å². The van der Waals surface area contributed by atoms with E-state index >= 15 is 0 Å². The standard InChI is InChI=1S/C19H23F3O4/c1-3-5-13-26-18(24)19(16(21)22,17(23)25-12-4-2)11-10-14-6-8-15(20)9-7-14/h4,6-9,16H,2-3,5,10-13H2,1H3. The summed E-state index contributed by atoms with van der Waals surface area (Å²) in [4.78, 5) is 24.7. The summed E-state index contributed by atoms with van der Waals surface area (Å²) < 4.78 is 50.4. The highest BCUT2D eigenvalue weighted by Crippen LogP contribution is 2.35. The van der Waals surface area contributed by atoms with Crippen molar-refractivity contribution in [2.24, 2.45) is 5.41 Å². The Balaban J connectivity index is 3.06. The van der Waals surface area contributed by atoms with Crippen molar-refractivity contribution in [3.8, 4) is 0 Å². The van der Waals surface area contributed by atoms with E-state index in [1.54, 1.807) is 0 Å². The van der Waals surface area contributed by atoms with Gasteiger partial charge in [0.25, 0.3) is 6.43 Å². The minimum absolute atomic E-state index is 0.0450. The smallest absolute Gasteiger partial charge is 0.329 e. The molecule has 1 rings (SSSR count). The molecule has 0 heterocycles. The predicted molar refractivity (Wildman–Crippen MR) is 90.2 cm³/mol. The summed E-state index contributed by atoms with van der Waals surface area (Å²) in [5.41, 5.74) is -2.22. The molecule has 0 saturated heterocycles. The molecule has 0 amide bonds. The van der Waals surface area contributed by atoms with E-state index in [2.05, 4.69) is 6.58 Å². The number of hydrogen-bond donors (Lipinski definition) is 0. The van der Waals surface area contributed by atoms with Crippen molar-refractivity contribution in [1.82, 2.24) is 0 Å². The number of esters is 2. The quantitative estimate of drug-likeness (QED) is 0.254. The third kappa shape index (κ3) is 5.61. The van der Waals surface area contributed by atoms with Crippen LogP contribution in [0.1, 0.15) is 31.7 Å². The molecule has 0 aliphatic heterocycles. The summed E-state index contributed by atoms with van der Waals surface area (Å²) in [6, 6.07) is 5.16. The minimum Gasteiger partial charge on any atom is -0.465 e. The Morgan fingerprint density at radius 1 is 1.19 bits per heavy atom. The van der Waals surface area contributed by atoms with Gasteiger partial charge in [0.15, 0.2) is 0 Å². The van der Waals surface area contributed by atoms with Crippen molar-refractivity contribution >= 4 is 11.9 Å². The zero-order valence-corrected chi connectivity index (χ0v) is 14.7. The van der Waals surface area contributed by atoms with Crippen molar-refractivity contribution in [2.45, 2.75) is 39.0 Å². The van der Waals surface area contributed by atoms with Crippen LogP contribution < -0.4 is 0 Å². The number of halogens is 3. The Kier molecular flexibility index (Phi) is 8.88. The van der Waals surface area contributed by atoms with Gasteiger partial charge in [0.05, 0.1) is 6.61 Å². The number of hydrogen-bond acceptors (Lipinski definition) is 4. The molecule has 1 atom stereocenters. The van der Waals surface area contributed by atoms with Crippen LogP contribution in [0.2, 0.25) is 0 Å². The van der Waals surface area contributed by atoms with E-state index in [1.165, 1.54) is 30.3 Å². The van der Waals surface area contributed by atoms with E-state index in [-0.39, 0.29) is 19.6 Å². The molecule has 0 aliphatic carbocycles. The molecule has 0 saturated carbocycles. The fourth-order valence-electron chi connectivity index (χ4n) is 2.27. The van der Waals surface area contributed by atoms with Crippen molar-refractivity contribution < 1.29 is 32.2 Å². The van der Waals surface area contributed by atoms with Gasteiger partial charge >= 0.3 is 11.9 Å². The first-order valence-electron chi connectivity index (χ1n) is 8.36. The van der Waals surface area contributed by atoms with E-state index in [1.807, 2.05) is 6.92 Å². The predicted octanol–water partition coefficient (Wildman–Crippen LogP) is 4.08. The SMILES string of the molecule is C=CCOC(=O)C(CCc1ccc(F)cc1)(C(=O)OCCCC)C(F)F. The maximum atomic E-state index is 13.9. The molecule has 7 heteroatoms. The van der Waals surface area contributed by atoms with E-state index < -0.39 is 36.0 Å². The van der Waals surface area contributed by atoms with E-state index in [4.69, 9.17) is 9.47 Å². The van der Waals surface area contributed by atoms with Gasteiger partial charge in [0, 0.05) is 0 Å². The number of carbonyl (C=O) groups is 2. The number of ether oxygens (including phenoxy) is 2. The molecular weight excluding hydrogens is 349 g/mol. The van der Waals surface area contributed by atoms with Gasteiger partial charge in [-0.05, 0) is 37.0 Å². The van der Waals surface area contributed by atoms with Gasteiger partial charge in [0.2, 0.25) is 5.41 Å². The van der Waals surface area contributed by atoms with Crippen LogP contribution in [-0.4, -0.2) is 31.6 Å². The second kappa shape index (κ2) is 10.6. The zero-order chi connectivity index (χ0) is 19.6. The average Bonchev–Trinajstić information content (AvgIpc) is 2.61. The van der Waals surface area contributed by atoms with Gasteiger partial charge in [0.1, 0.15) is 12.4 Å². The van der Waals surface area contributed by atoms with Gasteiger partial charge in [-0.3, -0.25) is 9.59 Å². The monoisotopic (exact) mass is 372 g/mol. The van der Waals surface area contributed by atoms with Crippen LogP contribution in [0, 0.1) is 11.2 Å². The number of rotatable bonds is 11. The summed E-state index contributed by atoms with van der Waals surface area (Å²) in [6.07, 6.45) is -1.46. The zero-order valence-electron chi connectivity index (χ0n) is 14.7. The molecule has 144 valence electrons. The van der Waals surface area contributed by atoms with Crippen LogP contribution in [0.4, 0.5) is 13.2 Å². The summed E-state index contributed by atoms with van der Waals surface area (Å²) in [6.45, 7) is 4.84. The first kappa shape index (κ1) is 21.7. The molecule has 1 aromatic carbocycles. The normalized spacial score (nSPS) is 13.1. The Morgan fingerprint density at radius 2 is 1.81 bits per heavy atom. The molecule has 0 bridgehead atoms. The van der Waals surface area contributed by atoms with Gasteiger partial charge in [-0.2, -0.15) is 0 Å². The van der Waals surface area contributed by atoms with Crippen LogP contribution in [0.3, 0.4) is 0 Å². The number of alkyl halides is 2. The van der Waals surface area contributed by atoms with Crippen molar-refractivity contribution in [3.05, 3.63) is 48.3 Å². The third-order valence-electron chi connectivity index (χ3n) is 3.89. The summed E-state index contributed by atoms with van der Waals surface area (Å²) in [5.74, 6) is -3.13. The fourth-order valence-corrected chi connectivity index (χ4v) is 2.27. The highest BCUT2D eigenvalue weighted by molar-refractivity contribution is 6.00. The lowest BCUT2D eigenvalue weighted by Crippen LogP contribution is -2.48. The van der Waals surface area contributed by atoms with Crippen LogP contribution in [0.25, 0.3) is 0 Å². The first-order valence-corrected chi connectivity index (χ1v) is 8.36. The number of unbranched alkanes of at least 4 members (excludes halogenated alkanes) is 1. The highest BCUT2D eigenvalue weighted by atomic mass is 19.3. The average molecular weight is 372 g/mol. The maximum Gasteiger partial charge on any atom is 0.329 e. The summed E-state index contributed by atoms with van der Waals surface area (Å²) in [7, 11) is 0. The number of aryl methyl sites for hydroxylation is 1. The number of benzene rings is 1. The lowest BCUT2D eigenvalue weighted by molar-refractivity contribution is -0.185. The van der Waals surface area contributed by atoms with E-state index in [0.717, 1.165) is 0 Å². The second-order valence-electron chi connectivity index (χ2n) is 5.78. The summed E-state index contributed by atoms with van der Waals surface area (Å²) in [5, 5.41) is 0. The molecule has 0 aliphatic rings. The lowest BCUT2D eigenvalue weighted by atomic mass is 9.82. The molecule has 0 fully saturated rings. The topological polar surface area (TPSA) is 52.6 Å². The molecule has 4 nitrogen and oxygen atoms in total. The Hall–Kier alpha value is -2.31. The van der Waals surface area contributed by atoms with Gasteiger partial charge < -0.3 is 9.47 Å². The molecule has 0 spiro atoms. The van der Waals surface area contributed by atoms with Gasteiger partial charge in [-0.1, -0.05) is 38.1 Å². The van der Waals surface area contributed by atoms with Gasteiger partial charge in [-0.15, -0.1) is 0 Å². The molecule has 1 aromatic rings. The third-order valence-corrected chi connectivity index (χ3v) is 3.89. The van der Waals surface area contributed by atoms with E-state index in [0.29, 0.717) is 18.4 Å². The molecule has 0 aromatic heterocycles. The first-order chi connectivity index (χ1) is 12.4. The molecule has 26 heavy (non-hydrogen) atoms. The fraction of sp³-hybridized carbons (Fsp3) is 0.474. The molecule has 1 unspecified atom stereocenters.